The predicted molar refractivity (Wildman–Crippen MR) is 400 cm³/mol. The van der Waals surface area contributed by atoms with Crippen molar-refractivity contribution in [3.63, 3.8) is 0 Å². The van der Waals surface area contributed by atoms with E-state index in [1.165, 1.54) is 128 Å². The molecule has 0 aliphatic carbocycles. The molecule has 0 aromatic heterocycles. The lowest BCUT2D eigenvalue weighted by atomic mass is 10.0. The quantitative estimate of drug-likeness (QED) is 0.0128. The molecule has 0 heterocycles. The lowest BCUT2D eigenvalue weighted by Crippen LogP contribution is -2.30. The minimum Gasteiger partial charge on any atom is -0.462 e. The Morgan fingerprint density at radius 1 is 0.296 bits per heavy atom. The van der Waals surface area contributed by atoms with Gasteiger partial charge in [0.05, 0.1) is 26.4 Å². The summed E-state index contributed by atoms with van der Waals surface area (Å²) in [6.07, 6.45) is 71.6. The van der Waals surface area contributed by atoms with Crippen LogP contribution >= 0.6 is 15.6 Å². The zero-order chi connectivity index (χ0) is 71.8. The third kappa shape index (κ3) is 70.9. The Kier molecular flexibility index (Phi) is 69.3. The van der Waals surface area contributed by atoms with Gasteiger partial charge in [0, 0.05) is 25.7 Å². The molecule has 0 fully saturated rings. The summed E-state index contributed by atoms with van der Waals surface area (Å²) in [6, 6.07) is 0. The van der Waals surface area contributed by atoms with E-state index in [0.717, 1.165) is 141 Å². The Hall–Kier alpha value is -3.50. The molecule has 0 aromatic carbocycles. The van der Waals surface area contributed by atoms with Crippen LogP contribution in [-0.2, 0) is 65.4 Å². The maximum absolute atomic E-state index is 13.1. The molecule has 570 valence electrons. The first-order valence-corrected chi connectivity index (χ1v) is 42.2. The third-order valence-electron chi connectivity index (χ3n) is 16.7. The average Bonchev–Trinajstić information content (AvgIpc) is 1.04. The standard InChI is InChI=1S/C79H142O17P2/c1-5-9-13-17-21-25-29-33-36-40-44-48-52-56-60-64-77(82)90-70-75(96-79(84)66-62-58-54-50-46-42-38-35-31-27-23-19-15-11-7-3)72-94-98(87,88)92-68-73(80)67-91-97(85,86)93-71-74(69-89-76(81)63-59-55-51-47-43-39-32-28-24-20-16-12-8-4)95-78(83)65-61-57-53-49-45-41-37-34-30-26-22-18-14-10-6-2/h23,25-27,29-30,33-38,73-75,80H,5-22,24,28,31-32,39-72H2,1-4H3,(H,85,86)(H,87,88)/b27-23-,29-25-,30-26-,36-33-,37-34-,38-35-/t73-,74+,75+/m0/s1. The lowest BCUT2D eigenvalue weighted by Gasteiger charge is -2.21. The van der Waals surface area contributed by atoms with E-state index in [1.54, 1.807) is 0 Å². The van der Waals surface area contributed by atoms with Crippen LogP contribution in [0.25, 0.3) is 0 Å². The molecule has 17 nitrogen and oxygen atoms in total. The fraction of sp³-hybridized carbons (Fsp3) is 0.797. The summed E-state index contributed by atoms with van der Waals surface area (Å²) in [7, 11) is -9.95. The molecular formula is C79H142O17P2. The van der Waals surface area contributed by atoms with Crippen molar-refractivity contribution < 1.29 is 80.2 Å². The van der Waals surface area contributed by atoms with Gasteiger partial charge in [-0.1, -0.05) is 287 Å². The summed E-state index contributed by atoms with van der Waals surface area (Å²) >= 11 is 0. The number of rotatable bonds is 74. The van der Waals surface area contributed by atoms with Gasteiger partial charge in [-0.15, -0.1) is 0 Å². The number of hydrogen-bond donors (Lipinski definition) is 3. The maximum atomic E-state index is 13.1. The monoisotopic (exact) mass is 1420 g/mol. The van der Waals surface area contributed by atoms with Crippen molar-refractivity contribution >= 4 is 39.5 Å². The summed E-state index contributed by atoms with van der Waals surface area (Å²) in [5.41, 5.74) is 0. The van der Waals surface area contributed by atoms with Crippen LogP contribution < -0.4 is 0 Å². The number of aliphatic hydroxyl groups excluding tert-OH is 1. The van der Waals surface area contributed by atoms with Crippen LogP contribution in [-0.4, -0.2) is 96.7 Å². The van der Waals surface area contributed by atoms with E-state index in [0.29, 0.717) is 25.7 Å². The molecule has 0 amide bonds. The van der Waals surface area contributed by atoms with E-state index in [1.807, 2.05) is 0 Å². The number of carbonyl (C=O) groups is 4. The van der Waals surface area contributed by atoms with Crippen molar-refractivity contribution in [3.05, 3.63) is 72.9 Å². The first-order valence-electron chi connectivity index (χ1n) is 39.2. The van der Waals surface area contributed by atoms with Gasteiger partial charge in [0.2, 0.25) is 0 Å². The SMILES string of the molecule is CCCCC/C=C\C/C=C\CCCCCCCC(=O)O[C@H](COC(=O)CCCCCCC/C=C\C=C/CCCCCC)COP(=O)(O)OC[C@@H](O)COP(=O)(O)OC[C@@H](COC(=O)CCCCCCCCCCCCCCC)OC(=O)CCCCCCC/C=C\C=C/CCCCCC. The summed E-state index contributed by atoms with van der Waals surface area (Å²) in [6.45, 7) is 4.80. The predicted octanol–water partition coefficient (Wildman–Crippen LogP) is 22.4. The largest absolute Gasteiger partial charge is 0.472 e. The van der Waals surface area contributed by atoms with E-state index in [-0.39, 0.29) is 25.7 Å². The zero-order valence-electron chi connectivity index (χ0n) is 62.2. The van der Waals surface area contributed by atoms with Crippen molar-refractivity contribution in [2.45, 2.75) is 367 Å². The molecule has 3 N–H and O–H groups in total. The lowest BCUT2D eigenvalue weighted by molar-refractivity contribution is -0.161. The van der Waals surface area contributed by atoms with Crippen molar-refractivity contribution in [2.24, 2.45) is 0 Å². The Bertz CT molecular complexity index is 2140. The highest BCUT2D eigenvalue weighted by Crippen LogP contribution is 2.45. The van der Waals surface area contributed by atoms with E-state index in [9.17, 15) is 43.2 Å². The van der Waals surface area contributed by atoms with E-state index in [4.69, 9.17) is 37.0 Å². The van der Waals surface area contributed by atoms with Crippen molar-refractivity contribution in [2.75, 3.05) is 39.6 Å². The highest BCUT2D eigenvalue weighted by molar-refractivity contribution is 7.47. The number of aliphatic hydroxyl groups is 1. The smallest absolute Gasteiger partial charge is 0.462 e. The van der Waals surface area contributed by atoms with Gasteiger partial charge in [-0.25, -0.2) is 9.13 Å². The second kappa shape index (κ2) is 71.9. The summed E-state index contributed by atoms with van der Waals surface area (Å²) < 4.78 is 68.5. The molecule has 5 atom stereocenters. The topological polar surface area (TPSA) is 237 Å². The Balaban J connectivity index is 5.37. The summed E-state index contributed by atoms with van der Waals surface area (Å²) in [5, 5.41) is 10.6. The molecule has 98 heavy (non-hydrogen) atoms. The molecular weight excluding hydrogens is 1280 g/mol. The highest BCUT2D eigenvalue weighted by atomic mass is 31.2. The van der Waals surface area contributed by atoms with E-state index < -0.39 is 97.5 Å². The Labute approximate surface area is 596 Å². The van der Waals surface area contributed by atoms with Crippen LogP contribution in [0.15, 0.2) is 72.9 Å². The molecule has 0 saturated heterocycles. The van der Waals surface area contributed by atoms with Crippen LogP contribution in [0.3, 0.4) is 0 Å². The van der Waals surface area contributed by atoms with Crippen LogP contribution in [0, 0.1) is 0 Å². The molecule has 0 aliphatic rings. The van der Waals surface area contributed by atoms with Crippen LogP contribution in [0.4, 0.5) is 0 Å². The number of ether oxygens (including phenoxy) is 4. The highest BCUT2D eigenvalue weighted by Gasteiger charge is 2.30. The summed E-state index contributed by atoms with van der Waals surface area (Å²) in [5.74, 6) is -2.20. The van der Waals surface area contributed by atoms with Crippen molar-refractivity contribution in [1.29, 1.82) is 0 Å². The molecule has 0 bridgehead atoms. The van der Waals surface area contributed by atoms with E-state index in [2.05, 4.69) is 101 Å². The van der Waals surface area contributed by atoms with Gasteiger partial charge in [-0.05, 0) is 109 Å². The molecule has 0 rings (SSSR count). The van der Waals surface area contributed by atoms with Gasteiger partial charge >= 0.3 is 39.5 Å². The maximum Gasteiger partial charge on any atom is 0.472 e. The Morgan fingerprint density at radius 2 is 0.531 bits per heavy atom. The number of unbranched alkanes of at least 4 members (excludes halogenated alkanes) is 38. The van der Waals surface area contributed by atoms with Crippen molar-refractivity contribution in [3.8, 4) is 0 Å². The minimum atomic E-state index is -4.98. The van der Waals surface area contributed by atoms with Gasteiger partial charge in [0.15, 0.2) is 12.2 Å². The normalized spacial score (nSPS) is 14.3. The molecule has 0 aromatic rings. The van der Waals surface area contributed by atoms with Gasteiger partial charge in [-0.3, -0.25) is 37.3 Å². The number of hydrogen-bond acceptors (Lipinski definition) is 15. The Morgan fingerprint density at radius 3 is 0.847 bits per heavy atom. The minimum absolute atomic E-state index is 0.0776. The molecule has 0 spiro atoms. The van der Waals surface area contributed by atoms with E-state index >= 15 is 0 Å². The number of phosphoric ester groups is 2. The molecule has 0 radical (unpaired) electrons. The molecule has 2 unspecified atom stereocenters. The van der Waals surface area contributed by atoms with Gasteiger partial charge in [0.25, 0.3) is 0 Å². The molecule has 0 aliphatic heterocycles. The number of phosphoric acid groups is 2. The fourth-order valence-corrected chi connectivity index (χ4v) is 12.2. The number of allylic oxidation sites excluding steroid dienone is 12. The molecule has 0 saturated carbocycles. The first kappa shape index (κ1) is 94.5. The van der Waals surface area contributed by atoms with Crippen LogP contribution in [0.1, 0.15) is 349 Å². The van der Waals surface area contributed by atoms with Gasteiger partial charge in [0.1, 0.15) is 19.3 Å². The number of esters is 4. The van der Waals surface area contributed by atoms with Gasteiger partial charge < -0.3 is 33.8 Å². The van der Waals surface area contributed by atoms with Crippen LogP contribution in [0.2, 0.25) is 0 Å². The second-order valence-electron chi connectivity index (χ2n) is 26.4. The second-order valence-corrected chi connectivity index (χ2v) is 29.3. The zero-order valence-corrected chi connectivity index (χ0v) is 64.0. The summed E-state index contributed by atoms with van der Waals surface area (Å²) in [4.78, 5) is 72.9. The fourth-order valence-electron chi connectivity index (χ4n) is 10.6. The van der Waals surface area contributed by atoms with Gasteiger partial charge in [-0.2, -0.15) is 0 Å². The molecule has 19 heteroatoms. The number of carbonyl (C=O) groups excluding carboxylic acids is 4. The van der Waals surface area contributed by atoms with Crippen molar-refractivity contribution in [1.82, 2.24) is 0 Å². The van der Waals surface area contributed by atoms with Crippen LogP contribution in [0.5, 0.6) is 0 Å². The third-order valence-corrected chi connectivity index (χ3v) is 18.6. The first-order chi connectivity index (χ1) is 47.7. The average molecular weight is 1430 g/mol.